The van der Waals surface area contributed by atoms with E-state index in [4.69, 9.17) is 0 Å². The van der Waals surface area contributed by atoms with E-state index < -0.39 is 0 Å². The summed E-state index contributed by atoms with van der Waals surface area (Å²) in [5.41, 5.74) is 0.384. The molecule has 1 atom stereocenters. The smallest absolute Gasteiger partial charge is 0.0304 e. The Hall–Kier alpha value is -0.0800. The van der Waals surface area contributed by atoms with Gasteiger partial charge in [0.05, 0.1) is 0 Å². The molecule has 1 saturated heterocycles. The standard InChI is InChI=1S/C17H36N2/c1-5-9-10-11-12-13-19-15-17(7-3,8-4)18-14-16(19)6-2/h16,18H,5-15H2,1-4H3. The molecular weight excluding hydrogens is 232 g/mol. The van der Waals surface area contributed by atoms with Crippen LogP contribution in [0, 0.1) is 0 Å². The van der Waals surface area contributed by atoms with E-state index >= 15 is 0 Å². The summed E-state index contributed by atoms with van der Waals surface area (Å²) in [5, 5.41) is 3.83. The first-order valence-corrected chi connectivity index (χ1v) is 8.70. The second-order valence-electron chi connectivity index (χ2n) is 6.32. The van der Waals surface area contributed by atoms with E-state index in [9.17, 15) is 0 Å². The molecule has 0 bridgehead atoms. The van der Waals surface area contributed by atoms with Gasteiger partial charge in [-0.25, -0.2) is 0 Å². The predicted octanol–water partition coefficient (Wildman–Crippen LogP) is 4.20. The predicted molar refractivity (Wildman–Crippen MR) is 85.7 cm³/mol. The number of nitrogens with zero attached hydrogens (tertiary/aromatic N) is 1. The van der Waals surface area contributed by atoms with Gasteiger partial charge < -0.3 is 5.32 Å². The fourth-order valence-corrected chi connectivity index (χ4v) is 3.34. The van der Waals surface area contributed by atoms with Crippen LogP contribution < -0.4 is 5.32 Å². The molecule has 1 aliphatic heterocycles. The third kappa shape index (κ3) is 5.07. The van der Waals surface area contributed by atoms with Crippen molar-refractivity contribution in [3.05, 3.63) is 0 Å². The highest BCUT2D eigenvalue weighted by molar-refractivity contribution is 4.96. The van der Waals surface area contributed by atoms with Gasteiger partial charge in [-0.3, -0.25) is 4.90 Å². The van der Waals surface area contributed by atoms with Gasteiger partial charge in [0.25, 0.3) is 0 Å². The molecule has 2 nitrogen and oxygen atoms in total. The average Bonchev–Trinajstić information content (AvgIpc) is 2.46. The SMILES string of the molecule is CCCCCCCN1CC(CC)(CC)NCC1CC. The number of piperazine rings is 1. The molecule has 1 fully saturated rings. The van der Waals surface area contributed by atoms with Crippen molar-refractivity contribution in [3.63, 3.8) is 0 Å². The van der Waals surface area contributed by atoms with Crippen molar-refractivity contribution in [2.45, 2.75) is 90.6 Å². The largest absolute Gasteiger partial charge is 0.308 e. The number of hydrogen-bond donors (Lipinski definition) is 1. The van der Waals surface area contributed by atoms with Crippen LogP contribution in [-0.2, 0) is 0 Å². The summed E-state index contributed by atoms with van der Waals surface area (Å²) in [6.45, 7) is 13.1. The Balaban J connectivity index is 2.41. The van der Waals surface area contributed by atoms with E-state index in [1.165, 1.54) is 71.0 Å². The topological polar surface area (TPSA) is 15.3 Å². The molecule has 0 aliphatic carbocycles. The van der Waals surface area contributed by atoms with Crippen molar-refractivity contribution >= 4 is 0 Å². The molecule has 2 heteroatoms. The molecular formula is C17H36N2. The average molecular weight is 268 g/mol. The summed E-state index contributed by atoms with van der Waals surface area (Å²) in [6.07, 6.45) is 10.8. The zero-order valence-electron chi connectivity index (χ0n) is 13.8. The first kappa shape index (κ1) is 17.0. The Morgan fingerprint density at radius 3 is 2.26 bits per heavy atom. The number of hydrogen-bond acceptors (Lipinski definition) is 2. The van der Waals surface area contributed by atoms with Crippen LogP contribution in [0.25, 0.3) is 0 Å². The van der Waals surface area contributed by atoms with E-state index in [0.29, 0.717) is 5.54 Å². The number of nitrogens with one attached hydrogen (secondary N) is 1. The van der Waals surface area contributed by atoms with Crippen molar-refractivity contribution < 1.29 is 0 Å². The lowest BCUT2D eigenvalue weighted by molar-refractivity contribution is 0.0690. The van der Waals surface area contributed by atoms with Crippen LogP contribution in [0.5, 0.6) is 0 Å². The van der Waals surface area contributed by atoms with E-state index in [-0.39, 0.29) is 0 Å². The second-order valence-corrected chi connectivity index (χ2v) is 6.32. The van der Waals surface area contributed by atoms with Gasteiger partial charge in [0.15, 0.2) is 0 Å². The summed E-state index contributed by atoms with van der Waals surface area (Å²) >= 11 is 0. The molecule has 0 spiro atoms. The van der Waals surface area contributed by atoms with Crippen molar-refractivity contribution in [3.8, 4) is 0 Å². The highest BCUT2D eigenvalue weighted by atomic mass is 15.2. The van der Waals surface area contributed by atoms with Gasteiger partial charge >= 0.3 is 0 Å². The lowest BCUT2D eigenvalue weighted by Gasteiger charge is -2.47. The van der Waals surface area contributed by atoms with Gasteiger partial charge in [-0.15, -0.1) is 0 Å². The van der Waals surface area contributed by atoms with Crippen LogP contribution in [-0.4, -0.2) is 36.1 Å². The van der Waals surface area contributed by atoms with Gasteiger partial charge in [0.1, 0.15) is 0 Å². The molecule has 1 N–H and O–H groups in total. The van der Waals surface area contributed by atoms with Crippen LogP contribution >= 0.6 is 0 Å². The quantitative estimate of drug-likeness (QED) is 0.631. The monoisotopic (exact) mass is 268 g/mol. The Morgan fingerprint density at radius 1 is 1.00 bits per heavy atom. The number of unbranched alkanes of at least 4 members (excludes halogenated alkanes) is 4. The van der Waals surface area contributed by atoms with Crippen molar-refractivity contribution in [2.75, 3.05) is 19.6 Å². The lowest BCUT2D eigenvalue weighted by atomic mass is 9.88. The second kappa shape index (κ2) is 8.97. The Kier molecular flexibility index (Phi) is 8.01. The fourth-order valence-electron chi connectivity index (χ4n) is 3.34. The van der Waals surface area contributed by atoms with Gasteiger partial charge in [-0.2, -0.15) is 0 Å². The van der Waals surface area contributed by atoms with Gasteiger partial charge in [-0.1, -0.05) is 53.4 Å². The molecule has 114 valence electrons. The Labute approximate surface area is 121 Å². The van der Waals surface area contributed by atoms with Gasteiger partial charge in [0.2, 0.25) is 0 Å². The zero-order valence-corrected chi connectivity index (χ0v) is 13.8. The van der Waals surface area contributed by atoms with E-state index in [2.05, 4.69) is 37.9 Å². The van der Waals surface area contributed by atoms with Crippen LogP contribution in [0.3, 0.4) is 0 Å². The van der Waals surface area contributed by atoms with Crippen LogP contribution in [0.15, 0.2) is 0 Å². The summed E-state index contributed by atoms with van der Waals surface area (Å²) in [4.78, 5) is 2.77. The van der Waals surface area contributed by atoms with Crippen molar-refractivity contribution in [1.29, 1.82) is 0 Å². The highest BCUT2D eigenvalue weighted by Gasteiger charge is 2.35. The first-order chi connectivity index (χ1) is 9.21. The molecule has 0 aromatic heterocycles. The highest BCUT2D eigenvalue weighted by Crippen LogP contribution is 2.24. The molecule has 0 aromatic carbocycles. The molecule has 1 aliphatic rings. The van der Waals surface area contributed by atoms with E-state index in [1.54, 1.807) is 0 Å². The first-order valence-electron chi connectivity index (χ1n) is 8.70. The molecule has 0 saturated carbocycles. The third-order valence-electron chi connectivity index (χ3n) is 5.11. The molecule has 0 amide bonds. The van der Waals surface area contributed by atoms with Crippen LogP contribution in [0.1, 0.15) is 79.1 Å². The molecule has 1 heterocycles. The van der Waals surface area contributed by atoms with Crippen LogP contribution in [0.2, 0.25) is 0 Å². The van der Waals surface area contributed by atoms with E-state index in [1.807, 2.05) is 0 Å². The molecule has 0 aromatic rings. The van der Waals surface area contributed by atoms with Crippen molar-refractivity contribution in [1.82, 2.24) is 10.2 Å². The van der Waals surface area contributed by atoms with E-state index in [0.717, 1.165) is 6.04 Å². The normalized spacial score (nSPS) is 23.7. The summed E-state index contributed by atoms with van der Waals surface area (Å²) in [6, 6.07) is 0.761. The minimum Gasteiger partial charge on any atom is -0.308 e. The van der Waals surface area contributed by atoms with Crippen molar-refractivity contribution in [2.24, 2.45) is 0 Å². The maximum Gasteiger partial charge on any atom is 0.0304 e. The van der Waals surface area contributed by atoms with Crippen LogP contribution in [0.4, 0.5) is 0 Å². The Bertz CT molecular complexity index is 223. The molecule has 19 heavy (non-hydrogen) atoms. The number of rotatable bonds is 9. The lowest BCUT2D eigenvalue weighted by Crippen LogP contribution is -2.63. The molecule has 0 radical (unpaired) electrons. The zero-order chi connectivity index (χ0) is 14.1. The summed E-state index contributed by atoms with van der Waals surface area (Å²) < 4.78 is 0. The van der Waals surface area contributed by atoms with Gasteiger partial charge in [-0.05, 0) is 32.2 Å². The summed E-state index contributed by atoms with van der Waals surface area (Å²) in [5.74, 6) is 0. The fraction of sp³-hybridized carbons (Fsp3) is 1.00. The minimum atomic E-state index is 0.384. The molecule has 1 rings (SSSR count). The maximum absolute atomic E-state index is 3.83. The minimum absolute atomic E-state index is 0.384. The van der Waals surface area contributed by atoms with Gasteiger partial charge in [0, 0.05) is 24.7 Å². The molecule has 1 unspecified atom stereocenters. The Morgan fingerprint density at radius 2 is 1.68 bits per heavy atom. The third-order valence-corrected chi connectivity index (χ3v) is 5.11. The summed E-state index contributed by atoms with van der Waals surface area (Å²) in [7, 11) is 0. The maximum atomic E-state index is 3.83.